The largest absolute Gasteiger partial charge is 0.331 e. The fraction of sp³-hybridized carbons (Fsp3) is 0.115. The smallest absolute Gasteiger partial charge is 0.256 e. The molecule has 0 atom stereocenters. The van der Waals surface area contributed by atoms with Crippen molar-refractivity contribution >= 4 is 57.3 Å². The van der Waals surface area contributed by atoms with E-state index in [2.05, 4.69) is 40.2 Å². The number of rotatable bonds is 5. The molecule has 0 saturated carbocycles. The second-order valence-electron chi connectivity index (χ2n) is 7.66. The molecule has 154 valence electrons. The molecular formula is C26H20Cl2N2O. The van der Waals surface area contributed by atoms with Gasteiger partial charge in [-0.2, -0.15) is 0 Å². The van der Waals surface area contributed by atoms with Crippen LogP contribution in [0.5, 0.6) is 0 Å². The molecule has 3 aromatic carbocycles. The van der Waals surface area contributed by atoms with Crippen molar-refractivity contribution in [2.24, 2.45) is 0 Å². The molecule has 1 N–H and O–H groups in total. The number of aromatic nitrogens is 1. The van der Waals surface area contributed by atoms with Crippen LogP contribution < -0.4 is 5.32 Å². The van der Waals surface area contributed by atoms with E-state index in [-0.39, 0.29) is 5.91 Å². The lowest BCUT2D eigenvalue weighted by atomic mass is 10.0. The number of carbonyl (C=O) groups is 1. The van der Waals surface area contributed by atoms with Crippen LogP contribution in [-0.4, -0.2) is 10.5 Å². The normalized spacial score (nSPS) is 14.3. The first kappa shape index (κ1) is 19.9. The Morgan fingerprint density at radius 3 is 2.55 bits per heavy atom. The molecule has 0 radical (unpaired) electrons. The molecule has 4 aromatic rings. The quantitative estimate of drug-likeness (QED) is 0.326. The maximum absolute atomic E-state index is 12.7. The van der Waals surface area contributed by atoms with E-state index in [1.807, 2.05) is 42.5 Å². The summed E-state index contributed by atoms with van der Waals surface area (Å²) >= 11 is 13.1. The summed E-state index contributed by atoms with van der Waals surface area (Å²) in [6, 6.07) is 24.0. The number of anilines is 1. The standard InChI is InChI=1S/C26H20Cl2N2O/c27-18-12-13-23-20(15-18)22(26(31)29-23)16-21-19-10-4-5-11-24(19)30(25(21)28)14-6-9-17-7-2-1-3-8-17/h1-5,7-8,10-13,15-16H,6,9,14H2,(H,29,31)/b22-16+. The van der Waals surface area contributed by atoms with E-state index in [0.29, 0.717) is 15.7 Å². The lowest BCUT2D eigenvalue weighted by Gasteiger charge is -2.07. The summed E-state index contributed by atoms with van der Waals surface area (Å²) in [6.07, 6.45) is 3.83. The van der Waals surface area contributed by atoms with Crippen LogP contribution in [0.25, 0.3) is 22.6 Å². The monoisotopic (exact) mass is 446 g/mol. The third-order valence-electron chi connectivity index (χ3n) is 5.69. The van der Waals surface area contributed by atoms with E-state index in [9.17, 15) is 4.79 Å². The maximum atomic E-state index is 12.7. The van der Waals surface area contributed by atoms with Gasteiger partial charge < -0.3 is 9.88 Å². The number of carbonyl (C=O) groups excluding carboxylic acids is 1. The number of nitrogens with one attached hydrogen (secondary N) is 1. The second kappa shape index (κ2) is 8.26. The van der Waals surface area contributed by atoms with Gasteiger partial charge in [-0.1, -0.05) is 71.7 Å². The molecule has 5 rings (SSSR count). The highest BCUT2D eigenvalue weighted by atomic mass is 35.5. The lowest BCUT2D eigenvalue weighted by Crippen LogP contribution is -2.03. The van der Waals surface area contributed by atoms with Gasteiger partial charge in [-0.15, -0.1) is 0 Å². The van der Waals surface area contributed by atoms with Crippen LogP contribution in [0, 0.1) is 0 Å². The number of hydrogen-bond acceptors (Lipinski definition) is 1. The molecule has 0 unspecified atom stereocenters. The number of halogens is 2. The molecule has 0 fully saturated rings. The van der Waals surface area contributed by atoms with Gasteiger partial charge in [-0.25, -0.2) is 0 Å². The number of para-hydroxylation sites is 1. The van der Waals surface area contributed by atoms with Crippen molar-refractivity contribution in [3.05, 3.63) is 99.7 Å². The van der Waals surface area contributed by atoms with Crippen molar-refractivity contribution in [2.75, 3.05) is 5.32 Å². The zero-order chi connectivity index (χ0) is 21.4. The number of aryl methyl sites for hydroxylation is 2. The summed E-state index contributed by atoms with van der Waals surface area (Å²) in [5, 5.41) is 5.17. The molecular weight excluding hydrogens is 427 g/mol. The Hall–Kier alpha value is -3.01. The first-order chi connectivity index (χ1) is 15.1. The molecule has 0 saturated heterocycles. The van der Waals surface area contributed by atoms with Gasteiger partial charge in [0.15, 0.2) is 0 Å². The highest BCUT2D eigenvalue weighted by Gasteiger charge is 2.25. The Labute approximate surface area is 190 Å². The van der Waals surface area contributed by atoms with Crippen LogP contribution in [-0.2, 0) is 17.8 Å². The van der Waals surface area contributed by atoms with Gasteiger partial charge in [-0.3, -0.25) is 4.79 Å². The van der Waals surface area contributed by atoms with E-state index in [0.717, 1.165) is 47.1 Å². The van der Waals surface area contributed by atoms with Gasteiger partial charge in [-0.05, 0) is 48.7 Å². The van der Waals surface area contributed by atoms with Gasteiger partial charge in [0.25, 0.3) is 5.91 Å². The van der Waals surface area contributed by atoms with Crippen molar-refractivity contribution in [3.63, 3.8) is 0 Å². The molecule has 5 heteroatoms. The SMILES string of the molecule is O=C1Nc2ccc(Cl)cc2/C1=C\c1c(Cl)n(CCCc2ccccc2)c2ccccc12. The van der Waals surface area contributed by atoms with Crippen LogP contribution in [0.3, 0.4) is 0 Å². The zero-order valence-electron chi connectivity index (χ0n) is 16.7. The van der Waals surface area contributed by atoms with E-state index in [1.54, 1.807) is 6.07 Å². The number of nitrogens with zero attached hydrogens (tertiary/aromatic N) is 1. The summed E-state index contributed by atoms with van der Waals surface area (Å²) in [5.41, 5.74) is 5.38. The predicted molar refractivity (Wildman–Crippen MR) is 130 cm³/mol. The van der Waals surface area contributed by atoms with Gasteiger partial charge in [0.05, 0.1) is 0 Å². The minimum absolute atomic E-state index is 0.144. The van der Waals surface area contributed by atoms with Crippen LogP contribution in [0.4, 0.5) is 5.69 Å². The first-order valence-electron chi connectivity index (χ1n) is 10.3. The number of benzene rings is 3. The summed E-state index contributed by atoms with van der Waals surface area (Å²) in [7, 11) is 0. The van der Waals surface area contributed by atoms with Crippen LogP contribution in [0.15, 0.2) is 72.8 Å². The maximum Gasteiger partial charge on any atom is 0.256 e. The topological polar surface area (TPSA) is 34.0 Å². The Bertz CT molecular complexity index is 1320. The Kier molecular flexibility index (Phi) is 5.31. The fourth-order valence-electron chi connectivity index (χ4n) is 4.19. The minimum Gasteiger partial charge on any atom is -0.331 e. The summed E-state index contributed by atoms with van der Waals surface area (Å²) in [6.45, 7) is 0.798. The van der Waals surface area contributed by atoms with Crippen LogP contribution >= 0.6 is 23.2 Å². The average molecular weight is 447 g/mol. The molecule has 0 bridgehead atoms. The van der Waals surface area contributed by atoms with Gasteiger partial charge >= 0.3 is 0 Å². The summed E-state index contributed by atoms with van der Waals surface area (Å²) < 4.78 is 2.14. The lowest BCUT2D eigenvalue weighted by molar-refractivity contribution is -0.110. The van der Waals surface area contributed by atoms with Gasteiger partial charge in [0.2, 0.25) is 0 Å². The van der Waals surface area contributed by atoms with E-state index in [1.165, 1.54) is 5.56 Å². The molecule has 31 heavy (non-hydrogen) atoms. The Morgan fingerprint density at radius 1 is 0.935 bits per heavy atom. The van der Waals surface area contributed by atoms with Crippen molar-refractivity contribution in [3.8, 4) is 0 Å². The molecule has 3 nitrogen and oxygen atoms in total. The minimum atomic E-state index is -0.144. The zero-order valence-corrected chi connectivity index (χ0v) is 18.3. The summed E-state index contributed by atoms with van der Waals surface area (Å²) in [4.78, 5) is 12.7. The predicted octanol–water partition coefficient (Wildman–Crippen LogP) is 7.07. The molecule has 1 aliphatic heterocycles. The van der Waals surface area contributed by atoms with Crippen LogP contribution in [0.2, 0.25) is 10.2 Å². The number of hydrogen-bond donors (Lipinski definition) is 1. The molecule has 1 aliphatic rings. The molecule has 0 aliphatic carbocycles. The van der Waals surface area contributed by atoms with E-state index in [4.69, 9.17) is 23.2 Å². The van der Waals surface area contributed by atoms with Crippen molar-refractivity contribution in [1.29, 1.82) is 0 Å². The van der Waals surface area contributed by atoms with Gasteiger partial charge in [0.1, 0.15) is 5.15 Å². The fourth-order valence-corrected chi connectivity index (χ4v) is 4.69. The molecule has 0 spiro atoms. The average Bonchev–Trinajstić information content (AvgIpc) is 3.23. The van der Waals surface area contributed by atoms with Crippen molar-refractivity contribution < 1.29 is 4.79 Å². The van der Waals surface area contributed by atoms with Gasteiger partial charge in [0, 0.05) is 44.9 Å². The Morgan fingerprint density at radius 2 is 1.71 bits per heavy atom. The molecule has 2 heterocycles. The van der Waals surface area contributed by atoms with Crippen molar-refractivity contribution in [2.45, 2.75) is 19.4 Å². The first-order valence-corrected chi connectivity index (χ1v) is 11.0. The number of amides is 1. The van der Waals surface area contributed by atoms with Crippen LogP contribution in [0.1, 0.15) is 23.1 Å². The third kappa shape index (κ3) is 3.76. The second-order valence-corrected chi connectivity index (χ2v) is 8.46. The van der Waals surface area contributed by atoms with E-state index >= 15 is 0 Å². The molecule has 1 aromatic heterocycles. The highest BCUT2D eigenvalue weighted by Crippen LogP contribution is 2.38. The van der Waals surface area contributed by atoms with E-state index < -0.39 is 0 Å². The number of fused-ring (bicyclic) bond motifs is 2. The highest BCUT2D eigenvalue weighted by molar-refractivity contribution is 6.39. The summed E-state index contributed by atoms with van der Waals surface area (Å²) in [5.74, 6) is -0.144. The Balaban J connectivity index is 1.53. The van der Waals surface area contributed by atoms with Crippen molar-refractivity contribution in [1.82, 2.24) is 4.57 Å². The third-order valence-corrected chi connectivity index (χ3v) is 6.33. The molecule has 1 amide bonds.